The van der Waals surface area contributed by atoms with E-state index in [1.807, 2.05) is 25.1 Å². The molecule has 0 N–H and O–H groups in total. The normalized spacial score (nSPS) is 14.7. The number of nitrogens with zero attached hydrogens (tertiary/aromatic N) is 1. The number of fused-ring (bicyclic) bond motifs is 2. The first-order valence-corrected chi connectivity index (χ1v) is 14.3. The van der Waals surface area contributed by atoms with Gasteiger partial charge < -0.3 is 18.3 Å². The van der Waals surface area contributed by atoms with Crippen LogP contribution in [0.3, 0.4) is 0 Å². The fourth-order valence-corrected chi connectivity index (χ4v) is 5.30. The molecule has 4 aromatic rings. The zero-order chi connectivity index (χ0) is 27.8. The van der Waals surface area contributed by atoms with Crippen LogP contribution in [0, 0.1) is 10.1 Å². The monoisotopic (exact) mass is 661 g/mol. The molecule has 0 spiro atoms. The molecule has 2 aliphatic carbocycles. The number of benzene rings is 2. The van der Waals surface area contributed by atoms with Gasteiger partial charge in [0.05, 0.1) is 28.7 Å². The number of rotatable bonds is 7. The summed E-state index contributed by atoms with van der Waals surface area (Å²) >= 11 is 6.59. The van der Waals surface area contributed by atoms with Crippen molar-refractivity contribution in [3.63, 3.8) is 0 Å². The van der Waals surface area contributed by atoms with Crippen molar-refractivity contribution in [1.29, 1.82) is 0 Å². The summed E-state index contributed by atoms with van der Waals surface area (Å²) in [6, 6.07) is 8.60. The molecule has 204 valence electrons. The Morgan fingerprint density at radius 2 is 1.38 bits per heavy atom. The van der Waals surface area contributed by atoms with Crippen LogP contribution in [0.4, 0.5) is 5.69 Å². The van der Waals surface area contributed by atoms with Gasteiger partial charge in [-0.25, -0.2) is 9.59 Å². The SMILES string of the molecule is CCOC(=O)c1c(C2CC2)oc2cc([N+](=O)[O-])c(Br)cc12.CCOC(=O)c1c(C2CC2)oc2ccc(Br)cc12. The van der Waals surface area contributed by atoms with E-state index in [4.69, 9.17) is 18.3 Å². The lowest BCUT2D eigenvalue weighted by molar-refractivity contribution is -0.385. The maximum Gasteiger partial charge on any atom is 0.342 e. The number of carbonyl (C=O) groups is 2. The van der Waals surface area contributed by atoms with Crippen molar-refractivity contribution in [3.05, 3.63) is 72.0 Å². The Morgan fingerprint density at radius 1 is 0.872 bits per heavy atom. The Kier molecular flexibility index (Phi) is 7.82. The van der Waals surface area contributed by atoms with E-state index in [2.05, 4.69) is 31.9 Å². The topological polar surface area (TPSA) is 122 Å². The summed E-state index contributed by atoms with van der Waals surface area (Å²) in [6.45, 7) is 4.19. The number of hydrogen-bond acceptors (Lipinski definition) is 8. The van der Waals surface area contributed by atoms with Gasteiger partial charge in [0, 0.05) is 27.1 Å². The van der Waals surface area contributed by atoms with Crippen molar-refractivity contribution in [2.24, 2.45) is 0 Å². The first-order valence-electron chi connectivity index (χ1n) is 12.7. The lowest BCUT2D eigenvalue weighted by Gasteiger charge is -2.02. The van der Waals surface area contributed by atoms with Crippen molar-refractivity contribution in [2.45, 2.75) is 51.4 Å². The highest BCUT2D eigenvalue weighted by Gasteiger charge is 2.36. The summed E-state index contributed by atoms with van der Waals surface area (Å²) in [5, 5.41) is 12.4. The quantitative estimate of drug-likeness (QED) is 0.110. The summed E-state index contributed by atoms with van der Waals surface area (Å²) in [6.07, 6.45) is 4.09. The molecule has 2 aromatic heterocycles. The van der Waals surface area contributed by atoms with Crippen LogP contribution in [0.1, 0.15) is 83.6 Å². The minimum absolute atomic E-state index is 0.0889. The van der Waals surface area contributed by atoms with E-state index in [0.29, 0.717) is 44.9 Å². The Balaban J connectivity index is 0.000000160. The lowest BCUT2D eigenvalue weighted by Crippen LogP contribution is -2.06. The van der Waals surface area contributed by atoms with Gasteiger partial charge in [-0.2, -0.15) is 0 Å². The third kappa shape index (κ3) is 5.60. The highest BCUT2D eigenvalue weighted by molar-refractivity contribution is 9.10. The maximum absolute atomic E-state index is 12.2. The molecule has 6 rings (SSSR count). The Hall–Kier alpha value is -3.18. The molecule has 0 atom stereocenters. The molecule has 2 heterocycles. The van der Waals surface area contributed by atoms with Crippen LogP contribution < -0.4 is 0 Å². The van der Waals surface area contributed by atoms with E-state index in [1.165, 1.54) is 6.07 Å². The molecule has 0 unspecified atom stereocenters. The molecule has 39 heavy (non-hydrogen) atoms. The van der Waals surface area contributed by atoms with Crippen molar-refractivity contribution in [2.75, 3.05) is 13.2 Å². The van der Waals surface area contributed by atoms with Crippen LogP contribution in [-0.2, 0) is 9.47 Å². The number of carbonyl (C=O) groups excluding carboxylic acids is 2. The average molecular weight is 663 g/mol. The molecular weight excluding hydrogens is 638 g/mol. The van der Waals surface area contributed by atoms with Gasteiger partial charge in [-0.3, -0.25) is 10.1 Å². The molecule has 0 saturated heterocycles. The number of hydrogen-bond donors (Lipinski definition) is 0. The maximum atomic E-state index is 12.2. The minimum Gasteiger partial charge on any atom is -0.462 e. The molecular formula is C28H25Br2NO8. The number of furan rings is 2. The van der Waals surface area contributed by atoms with E-state index >= 15 is 0 Å². The van der Waals surface area contributed by atoms with Gasteiger partial charge in [0.2, 0.25) is 0 Å². The summed E-state index contributed by atoms with van der Waals surface area (Å²) < 4.78 is 23.0. The van der Waals surface area contributed by atoms with Crippen molar-refractivity contribution >= 4 is 71.4 Å². The standard InChI is InChI=1S/C14H12BrNO5.C14H13BrO3/c1-2-20-14(17)12-8-5-9(15)10(16(18)19)6-11(8)21-13(12)7-3-4-7;1-2-17-14(16)12-10-7-9(15)5-6-11(10)18-13(12)8-3-4-8/h5-7H,2-4H2,1H3;5-8H,2-4H2,1H3. The number of ether oxygens (including phenoxy) is 2. The van der Waals surface area contributed by atoms with Crippen molar-refractivity contribution in [3.8, 4) is 0 Å². The predicted octanol–water partition coefficient (Wildman–Crippen LogP) is 8.41. The van der Waals surface area contributed by atoms with E-state index in [0.717, 1.165) is 46.9 Å². The van der Waals surface area contributed by atoms with Crippen LogP contribution in [0.25, 0.3) is 21.9 Å². The largest absolute Gasteiger partial charge is 0.462 e. The van der Waals surface area contributed by atoms with Gasteiger partial charge in [0.15, 0.2) is 0 Å². The fraction of sp³-hybridized carbons (Fsp3) is 0.357. The molecule has 0 bridgehead atoms. The van der Waals surface area contributed by atoms with Gasteiger partial charge in [0.25, 0.3) is 5.69 Å². The zero-order valence-corrected chi connectivity index (χ0v) is 24.4. The minimum atomic E-state index is -0.493. The Morgan fingerprint density at radius 3 is 1.87 bits per heavy atom. The third-order valence-corrected chi connectivity index (χ3v) is 7.64. The first-order chi connectivity index (χ1) is 18.7. The highest BCUT2D eigenvalue weighted by Crippen LogP contribution is 2.47. The second-order valence-corrected chi connectivity index (χ2v) is 11.1. The molecule has 9 nitrogen and oxygen atoms in total. The third-order valence-electron chi connectivity index (χ3n) is 6.51. The molecule has 2 saturated carbocycles. The van der Waals surface area contributed by atoms with Gasteiger partial charge in [0.1, 0.15) is 33.8 Å². The molecule has 2 aliphatic rings. The fourth-order valence-electron chi connectivity index (χ4n) is 4.45. The van der Waals surface area contributed by atoms with Crippen molar-refractivity contribution < 1.29 is 32.8 Å². The summed E-state index contributed by atoms with van der Waals surface area (Å²) in [7, 11) is 0. The molecule has 0 amide bonds. The van der Waals surface area contributed by atoms with Gasteiger partial charge in [-0.1, -0.05) is 15.9 Å². The summed E-state index contributed by atoms with van der Waals surface area (Å²) in [4.78, 5) is 34.7. The predicted molar refractivity (Wildman–Crippen MR) is 150 cm³/mol. The van der Waals surface area contributed by atoms with E-state index in [-0.39, 0.29) is 24.2 Å². The molecule has 2 fully saturated rings. The molecule has 0 aliphatic heterocycles. The summed E-state index contributed by atoms with van der Waals surface area (Å²) in [5.74, 6) is 1.23. The second kappa shape index (κ2) is 11.1. The van der Waals surface area contributed by atoms with Gasteiger partial charge in [-0.15, -0.1) is 0 Å². The Labute approximate surface area is 240 Å². The van der Waals surface area contributed by atoms with Crippen LogP contribution in [0.5, 0.6) is 0 Å². The van der Waals surface area contributed by atoms with Gasteiger partial charge in [-0.05, 0) is 79.7 Å². The molecule has 11 heteroatoms. The van der Waals surface area contributed by atoms with Crippen molar-refractivity contribution in [1.82, 2.24) is 0 Å². The van der Waals surface area contributed by atoms with Crippen LogP contribution in [0.15, 0.2) is 48.1 Å². The number of esters is 2. The van der Waals surface area contributed by atoms with E-state index in [9.17, 15) is 19.7 Å². The smallest absolute Gasteiger partial charge is 0.342 e. The number of halogens is 2. The van der Waals surface area contributed by atoms with Crippen LogP contribution in [0.2, 0.25) is 0 Å². The number of nitro benzene ring substituents is 1. The van der Waals surface area contributed by atoms with Crippen LogP contribution >= 0.6 is 31.9 Å². The molecule has 2 aromatic carbocycles. The molecule has 0 radical (unpaired) electrons. The van der Waals surface area contributed by atoms with Crippen LogP contribution in [-0.4, -0.2) is 30.1 Å². The van der Waals surface area contributed by atoms with Gasteiger partial charge >= 0.3 is 11.9 Å². The number of nitro groups is 1. The van der Waals surface area contributed by atoms with E-state index < -0.39 is 10.9 Å². The zero-order valence-electron chi connectivity index (χ0n) is 21.3. The first kappa shape index (κ1) is 27.4. The Bertz CT molecular complexity index is 1600. The van der Waals surface area contributed by atoms with E-state index in [1.54, 1.807) is 13.0 Å². The highest BCUT2D eigenvalue weighted by atomic mass is 79.9. The average Bonchev–Trinajstić information content (AvgIpc) is 3.83. The summed E-state index contributed by atoms with van der Waals surface area (Å²) in [5.41, 5.74) is 2.01. The second-order valence-electron chi connectivity index (χ2n) is 9.37. The lowest BCUT2D eigenvalue weighted by atomic mass is 10.1.